The number of nitrogens with two attached hydrogens (primary N) is 1. The smallest absolute Gasteiger partial charge is 0.327 e. The molecule has 0 bridgehead atoms. The Kier molecular flexibility index (Phi) is 32.3. The number of aliphatic hydroxyl groups excluding tert-OH is 16. The highest BCUT2D eigenvalue weighted by Crippen LogP contribution is 2.25. The summed E-state index contributed by atoms with van der Waals surface area (Å²) in [6.45, 7) is -5.45. The molecule has 524 valence electrons. The summed E-state index contributed by atoms with van der Waals surface area (Å²) < 4.78 is 0. The Balaban J connectivity index is 1.97. The standard InChI is InChI=1S/C53H76N10O30S/c54-53-62-45-36(50(89)63-53)57-20(12-56-45)11-55-19-3-1-18(2-4-19)46(85)58-25(51(90)91)6-5-21(68)7-22(37(77)40(80)30(71)13-64)47(86)59-26(10-34(75)76)28(69)8-23(38(78)41(81)31(72)14-65)49(88)61-35(44(84)43(83)33(74)16-67)29(70)9-24(39(79)42(82)32(73)15-66)48(87)60-27(17-94)52(92)93/h1-4,12,22-27,30-33,35,37-44,55,64-67,71-74,77-84,94H,5-11,13-17H2,(H,58,85)(H,59,86)(H,60,87)(H,61,88)(H,75,76)(H,90,91)(H,92,93)(H3,54,56,62,63,89)/t22-,23-,24-,25-,26-,27-,30+,31+,32+,33+,35+,37+,38+,39+,40+,41+,42+,43-,44+/m0/s1. The molecule has 0 fully saturated rings. The number of nitrogens with zero attached hydrogens (tertiary/aromatic N) is 3. The van der Waals surface area contributed by atoms with Crippen molar-refractivity contribution in [3.05, 3.63) is 52.1 Å². The SMILES string of the molecule is Nc1nc2ncc(CNc3ccc(C(=O)N[C@@H](CCC(=O)C[C@H](C(=O)N[C@@H](CC(=O)O)C(=O)C[C@H](C(=O)N[C@H](C(=O)C[C@H](C(=O)N[C@@H](CS)C(=O)O)[C@@H](O)[C@H](O)[C@H](O)CO)[C@@H](O)[C@@H](O)[C@H](O)CO)[C@@H](O)[C@H](O)[C@H](O)CO)[C@@H](O)[C@H](O)[C@H](O)CO)C(=O)O)cc3)nc2c(=O)[nH]1. The number of benzene rings is 1. The van der Waals surface area contributed by atoms with E-state index >= 15 is 0 Å². The molecule has 27 N–H and O–H groups in total. The van der Waals surface area contributed by atoms with Gasteiger partial charge in [0.2, 0.25) is 23.7 Å². The summed E-state index contributed by atoms with van der Waals surface area (Å²) in [4.78, 5) is 160. The summed E-state index contributed by atoms with van der Waals surface area (Å²) in [7, 11) is 0. The van der Waals surface area contributed by atoms with Gasteiger partial charge in [-0.3, -0.25) is 48.1 Å². The van der Waals surface area contributed by atoms with Crippen molar-refractivity contribution in [2.75, 3.05) is 43.2 Å². The van der Waals surface area contributed by atoms with Crippen LogP contribution in [0, 0.1) is 17.8 Å². The van der Waals surface area contributed by atoms with Crippen LogP contribution in [0.25, 0.3) is 11.2 Å². The van der Waals surface area contributed by atoms with Gasteiger partial charge in [0, 0.05) is 42.7 Å². The first-order valence-electron chi connectivity index (χ1n) is 28.1. The van der Waals surface area contributed by atoms with Crippen molar-refractivity contribution < 1.29 is 145 Å². The number of Topliss-reactive ketones (excluding diaryl/α,β-unsaturated/α-hetero) is 3. The summed E-state index contributed by atoms with van der Waals surface area (Å²) in [5, 5.41) is 206. The van der Waals surface area contributed by atoms with Crippen molar-refractivity contribution in [2.45, 2.75) is 142 Å². The van der Waals surface area contributed by atoms with Crippen molar-refractivity contribution in [1.82, 2.24) is 41.2 Å². The van der Waals surface area contributed by atoms with Crippen molar-refractivity contribution in [1.29, 1.82) is 0 Å². The van der Waals surface area contributed by atoms with E-state index < -0.39 is 250 Å². The Labute approximate surface area is 534 Å². The van der Waals surface area contributed by atoms with E-state index in [1.807, 2.05) is 10.6 Å². The van der Waals surface area contributed by atoms with Crippen LogP contribution in [-0.2, 0) is 49.7 Å². The number of fused-ring (bicyclic) bond motifs is 1. The second-order valence-electron chi connectivity index (χ2n) is 21.4. The van der Waals surface area contributed by atoms with Crippen molar-refractivity contribution >= 4 is 94.3 Å². The Hall–Kier alpha value is -7.95. The number of aliphatic hydroxyl groups is 16. The van der Waals surface area contributed by atoms with Gasteiger partial charge in [0.05, 0.1) is 93.4 Å². The number of hydrogen-bond donors (Lipinski definition) is 27. The van der Waals surface area contributed by atoms with E-state index in [0.717, 1.165) is 0 Å². The van der Waals surface area contributed by atoms with E-state index in [4.69, 9.17) is 5.73 Å². The minimum Gasteiger partial charge on any atom is -0.481 e. The first kappa shape index (κ1) is 80.3. The molecule has 4 amide bonds. The summed E-state index contributed by atoms with van der Waals surface area (Å²) in [6.07, 6.45) is -37.6. The fourth-order valence-electron chi connectivity index (χ4n) is 8.98. The number of nitrogen functional groups attached to an aromatic ring is 1. The molecule has 1 aromatic carbocycles. The molecule has 0 spiro atoms. The molecule has 0 unspecified atom stereocenters. The lowest BCUT2D eigenvalue weighted by Gasteiger charge is -2.34. The highest BCUT2D eigenvalue weighted by Gasteiger charge is 2.46. The van der Waals surface area contributed by atoms with E-state index in [-0.39, 0.29) is 29.2 Å². The van der Waals surface area contributed by atoms with Gasteiger partial charge < -0.3 is 129 Å². The third-order valence-corrected chi connectivity index (χ3v) is 14.9. The maximum absolute atomic E-state index is 14.4. The van der Waals surface area contributed by atoms with Crippen LogP contribution in [0.15, 0.2) is 35.3 Å². The maximum Gasteiger partial charge on any atom is 0.327 e. The number of hydrogen-bond acceptors (Lipinski definition) is 33. The topological polar surface area (TPSA) is 713 Å². The van der Waals surface area contributed by atoms with E-state index in [1.54, 1.807) is 5.32 Å². The Morgan fingerprint density at radius 1 is 0.532 bits per heavy atom. The predicted molar refractivity (Wildman–Crippen MR) is 314 cm³/mol. The van der Waals surface area contributed by atoms with E-state index in [1.165, 1.54) is 30.5 Å². The molecular weight excluding hydrogens is 1290 g/mol. The molecule has 41 heteroatoms. The number of carboxylic acid groups (broad SMARTS) is 3. The molecule has 2 heterocycles. The van der Waals surface area contributed by atoms with Crippen LogP contribution in [0.4, 0.5) is 11.6 Å². The molecule has 0 radical (unpaired) electrons. The quantitative estimate of drug-likeness (QED) is 0.0234. The summed E-state index contributed by atoms with van der Waals surface area (Å²) in [5.74, 6) is -24.9. The Morgan fingerprint density at radius 2 is 0.979 bits per heavy atom. The zero-order valence-electron chi connectivity index (χ0n) is 49.2. The number of amides is 4. The lowest BCUT2D eigenvalue weighted by molar-refractivity contribution is -0.152. The van der Waals surface area contributed by atoms with Gasteiger partial charge in [-0.1, -0.05) is 0 Å². The number of ketones is 3. The second-order valence-corrected chi connectivity index (χ2v) is 21.7. The minimum absolute atomic E-state index is 0.00810. The molecule has 0 saturated heterocycles. The van der Waals surface area contributed by atoms with Gasteiger partial charge in [-0.2, -0.15) is 17.6 Å². The first-order chi connectivity index (χ1) is 44.1. The Morgan fingerprint density at radius 3 is 1.44 bits per heavy atom. The van der Waals surface area contributed by atoms with Crippen LogP contribution >= 0.6 is 12.6 Å². The van der Waals surface area contributed by atoms with Crippen molar-refractivity contribution in [2.24, 2.45) is 17.8 Å². The molecule has 0 saturated carbocycles. The molecule has 19 atom stereocenters. The summed E-state index contributed by atoms with van der Waals surface area (Å²) in [6, 6.07) is -3.81. The van der Waals surface area contributed by atoms with E-state index in [2.05, 4.69) is 43.2 Å². The summed E-state index contributed by atoms with van der Waals surface area (Å²) >= 11 is 3.77. The van der Waals surface area contributed by atoms with Crippen LogP contribution in [-0.4, -0.2) is 305 Å². The van der Waals surface area contributed by atoms with E-state index in [9.17, 15) is 150 Å². The molecule has 0 aliphatic carbocycles. The van der Waals surface area contributed by atoms with Crippen LogP contribution in [0.1, 0.15) is 54.6 Å². The average molecular weight is 1370 g/mol. The van der Waals surface area contributed by atoms with Gasteiger partial charge in [-0.25, -0.2) is 19.6 Å². The average Bonchev–Trinajstić information content (AvgIpc) is 0.864. The number of aliphatic carboxylic acids is 3. The number of carboxylic acids is 3. The molecule has 0 aliphatic heterocycles. The number of carbonyl (C=O) groups excluding carboxylic acids is 7. The molecule has 3 rings (SSSR count). The molecule has 94 heavy (non-hydrogen) atoms. The van der Waals surface area contributed by atoms with Gasteiger partial charge in [0.1, 0.15) is 78.8 Å². The fraction of sp³-hybridized carbons (Fsp3) is 0.585. The van der Waals surface area contributed by atoms with Gasteiger partial charge in [-0.05, 0) is 30.7 Å². The first-order valence-corrected chi connectivity index (χ1v) is 28.7. The number of aromatic nitrogens is 4. The number of anilines is 2. The predicted octanol–water partition coefficient (Wildman–Crippen LogP) is -12.2. The molecular formula is C53H76N10O30S. The van der Waals surface area contributed by atoms with Gasteiger partial charge >= 0.3 is 17.9 Å². The highest BCUT2D eigenvalue weighted by atomic mass is 32.1. The number of carbonyl (C=O) groups is 10. The molecule has 40 nitrogen and oxygen atoms in total. The third kappa shape index (κ3) is 22.9. The van der Waals surface area contributed by atoms with Crippen LogP contribution in [0.5, 0.6) is 0 Å². The lowest BCUT2D eigenvalue weighted by Crippen LogP contribution is -2.60. The monoisotopic (exact) mass is 1360 g/mol. The highest BCUT2D eigenvalue weighted by molar-refractivity contribution is 7.80. The number of nitrogens with one attached hydrogen (secondary N) is 6. The largest absolute Gasteiger partial charge is 0.481 e. The molecule has 2 aromatic heterocycles. The van der Waals surface area contributed by atoms with E-state index in [0.29, 0.717) is 11.4 Å². The minimum atomic E-state index is -2.91. The van der Waals surface area contributed by atoms with Gasteiger partial charge in [0.15, 0.2) is 22.7 Å². The van der Waals surface area contributed by atoms with Crippen molar-refractivity contribution in [3.8, 4) is 0 Å². The zero-order valence-corrected chi connectivity index (χ0v) is 50.1. The number of aromatic amines is 1. The number of rotatable bonds is 43. The van der Waals surface area contributed by atoms with Gasteiger partial charge in [0.25, 0.3) is 11.5 Å². The van der Waals surface area contributed by atoms with Crippen LogP contribution in [0.2, 0.25) is 0 Å². The van der Waals surface area contributed by atoms with Crippen molar-refractivity contribution in [3.63, 3.8) is 0 Å². The third-order valence-electron chi connectivity index (χ3n) is 14.6. The van der Waals surface area contributed by atoms with Crippen LogP contribution in [0.3, 0.4) is 0 Å². The maximum atomic E-state index is 14.4. The molecule has 0 aliphatic rings. The lowest BCUT2D eigenvalue weighted by atomic mass is 9.84. The normalized spacial score (nSPS) is 17.8. The Bertz CT molecular complexity index is 3150. The zero-order chi connectivity index (χ0) is 71.2. The number of H-pyrrole nitrogens is 1. The molecule has 3 aromatic rings. The van der Waals surface area contributed by atoms with Crippen LogP contribution < -0.4 is 37.9 Å². The van der Waals surface area contributed by atoms with Gasteiger partial charge in [-0.15, -0.1) is 0 Å². The summed E-state index contributed by atoms with van der Waals surface area (Å²) in [5.41, 5.74) is 5.37. The second kappa shape index (κ2) is 37.8. The number of thiol groups is 1. The fourth-order valence-corrected chi connectivity index (χ4v) is 9.23.